The normalized spacial score (nSPS) is 10.9. The highest BCUT2D eigenvalue weighted by Crippen LogP contribution is 2.34. The quantitative estimate of drug-likeness (QED) is 0.188. The van der Waals surface area contributed by atoms with Crippen LogP contribution in [0.5, 0.6) is 0 Å². The molecule has 0 bridgehead atoms. The summed E-state index contributed by atoms with van der Waals surface area (Å²) in [6, 6.07) is 24.4. The minimum Gasteiger partial charge on any atom is -0.310 e. The number of amides is 1. The largest absolute Gasteiger partial charge is 0.355 e. The first kappa shape index (κ1) is 23.8. The van der Waals surface area contributed by atoms with E-state index in [-0.39, 0.29) is 11.6 Å². The monoisotopic (exact) mass is 511 g/mol. The van der Waals surface area contributed by atoms with Crippen molar-refractivity contribution in [3.63, 3.8) is 0 Å². The summed E-state index contributed by atoms with van der Waals surface area (Å²) in [7, 11) is 0. The second-order valence-corrected chi connectivity index (χ2v) is 9.19. The lowest BCUT2D eigenvalue weighted by molar-refractivity contribution is -0.383. The number of nitro groups is 1. The summed E-state index contributed by atoms with van der Waals surface area (Å²) >= 11 is 1.35. The Hall–Kier alpha value is -4.90. The topological polar surface area (TPSA) is 135 Å². The molecule has 184 valence electrons. The van der Waals surface area contributed by atoms with Gasteiger partial charge in [-0.1, -0.05) is 78.1 Å². The average molecular weight is 512 g/mol. The lowest BCUT2D eigenvalue weighted by Crippen LogP contribution is -2.35. The number of carbonyl (C=O) groups is 1. The molecule has 0 spiro atoms. The third-order valence-electron chi connectivity index (χ3n) is 5.61. The van der Waals surface area contributed by atoms with Gasteiger partial charge in [-0.05, 0) is 35.7 Å². The van der Waals surface area contributed by atoms with E-state index in [9.17, 15) is 14.9 Å². The zero-order valence-corrected chi connectivity index (χ0v) is 20.4. The van der Waals surface area contributed by atoms with Gasteiger partial charge in [0, 0.05) is 0 Å². The number of nitrogens with zero attached hydrogens (tertiary/aromatic N) is 4. The van der Waals surface area contributed by atoms with Crippen LogP contribution in [0, 0.1) is 17.0 Å². The van der Waals surface area contributed by atoms with E-state index in [0.717, 1.165) is 26.9 Å². The second kappa shape index (κ2) is 10.4. The molecule has 11 heteroatoms. The van der Waals surface area contributed by atoms with Crippen molar-refractivity contribution in [3.05, 3.63) is 112 Å². The van der Waals surface area contributed by atoms with Gasteiger partial charge >= 0.3 is 5.69 Å². The van der Waals surface area contributed by atoms with Crippen molar-refractivity contribution in [1.82, 2.24) is 20.4 Å². The number of benzene rings is 3. The zero-order chi connectivity index (χ0) is 25.8. The van der Waals surface area contributed by atoms with Gasteiger partial charge in [-0.2, -0.15) is 0 Å². The van der Waals surface area contributed by atoms with Gasteiger partial charge in [0.15, 0.2) is 5.13 Å². The van der Waals surface area contributed by atoms with Crippen LogP contribution in [0.2, 0.25) is 0 Å². The molecule has 0 radical (unpaired) electrons. The van der Waals surface area contributed by atoms with Gasteiger partial charge in [0.1, 0.15) is 6.33 Å². The van der Waals surface area contributed by atoms with Gasteiger partial charge in [0.2, 0.25) is 17.5 Å². The van der Waals surface area contributed by atoms with Gasteiger partial charge in [0.05, 0.1) is 21.1 Å². The molecule has 0 atom stereocenters. The molecule has 0 saturated heterocycles. The molecular weight excluding hydrogens is 490 g/mol. The Labute approximate surface area is 215 Å². The molecule has 0 aliphatic carbocycles. The number of rotatable bonds is 8. The Kier molecular flexibility index (Phi) is 6.68. The molecule has 2 aromatic heterocycles. The highest BCUT2D eigenvalue weighted by molar-refractivity contribution is 7.22. The van der Waals surface area contributed by atoms with Crippen LogP contribution in [-0.2, 0) is 4.79 Å². The van der Waals surface area contributed by atoms with Crippen LogP contribution < -0.4 is 16.2 Å². The fourth-order valence-corrected chi connectivity index (χ4v) is 4.86. The molecule has 0 aliphatic rings. The van der Waals surface area contributed by atoms with Crippen molar-refractivity contribution in [3.8, 4) is 0 Å². The Morgan fingerprint density at radius 1 is 0.946 bits per heavy atom. The van der Waals surface area contributed by atoms with E-state index in [0.29, 0.717) is 5.13 Å². The third-order valence-corrected chi connectivity index (χ3v) is 6.54. The van der Waals surface area contributed by atoms with E-state index in [1.807, 2.05) is 85.8 Å². The number of thiazole rings is 1. The van der Waals surface area contributed by atoms with Gasteiger partial charge in [-0.15, -0.1) is 0 Å². The van der Waals surface area contributed by atoms with E-state index in [1.165, 1.54) is 17.7 Å². The lowest BCUT2D eigenvalue weighted by Gasteiger charge is -2.18. The highest BCUT2D eigenvalue weighted by atomic mass is 32.1. The fourth-order valence-electron chi connectivity index (χ4n) is 3.90. The predicted molar refractivity (Wildman–Crippen MR) is 143 cm³/mol. The first-order chi connectivity index (χ1) is 18.0. The first-order valence-electron chi connectivity index (χ1n) is 11.3. The van der Waals surface area contributed by atoms with E-state index in [2.05, 4.69) is 31.1 Å². The summed E-state index contributed by atoms with van der Waals surface area (Å²) in [5, 5.41) is 15.4. The number of fused-ring (bicyclic) bond motifs is 1. The maximum atomic E-state index is 13.3. The molecule has 1 amide bonds. The number of carbonyl (C=O) groups excluding carboxylic acids is 1. The molecule has 2 heterocycles. The number of aromatic nitrogens is 3. The molecule has 5 rings (SSSR count). The summed E-state index contributed by atoms with van der Waals surface area (Å²) < 4.78 is 0.942. The molecule has 37 heavy (non-hydrogen) atoms. The Morgan fingerprint density at radius 3 is 2.24 bits per heavy atom. The van der Waals surface area contributed by atoms with Crippen LogP contribution >= 0.6 is 11.3 Å². The molecule has 5 aromatic rings. The number of hydrogen-bond acceptors (Lipinski definition) is 9. The highest BCUT2D eigenvalue weighted by Gasteiger charge is 2.27. The van der Waals surface area contributed by atoms with Crippen molar-refractivity contribution < 1.29 is 9.72 Å². The van der Waals surface area contributed by atoms with Crippen molar-refractivity contribution >= 4 is 49.9 Å². The van der Waals surface area contributed by atoms with Crippen LogP contribution in [0.3, 0.4) is 0 Å². The lowest BCUT2D eigenvalue weighted by atomic mass is 9.91. The predicted octanol–water partition coefficient (Wildman–Crippen LogP) is 5.32. The van der Waals surface area contributed by atoms with Crippen molar-refractivity contribution in [2.45, 2.75) is 12.8 Å². The maximum Gasteiger partial charge on any atom is 0.355 e. The molecule has 0 unspecified atom stereocenters. The molecule has 0 aliphatic heterocycles. The van der Waals surface area contributed by atoms with Gasteiger partial charge in [0.25, 0.3) is 0 Å². The second-order valence-electron chi connectivity index (χ2n) is 8.16. The fraction of sp³-hybridized carbons (Fsp3) is 0.0769. The van der Waals surface area contributed by atoms with Crippen LogP contribution in [0.15, 0.2) is 85.2 Å². The SMILES string of the molecule is Cc1ccc2nc(Nc3ncnc(NNC(=O)C(c4ccccc4)c4ccccc4)c3[N+](=O)[O-])sc2c1. The van der Waals surface area contributed by atoms with E-state index >= 15 is 0 Å². The number of anilines is 3. The standard InChI is InChI=1S/C26H21N7O3S/c1-16-12-13-19-20(14-16)37-26(29-19)30-23-22(33(35)36)24(28-15-27-23)31-32-25(34)21(17-8-4-2-5-9-17)18-10-6-3-7-11-18/h2-15,21H,1H3,(H,32,34)(H2,27,28,29,30,31). The Bertz CT molecular complexity index is 1540. The Morgan fingerprint density at radius 2 is 1.59 bits per heavy atom. The van der Waals surface area contributed by atoms with E-state index in [4.69, 9.17) is 0 Å². The minimum atomic E-state index is -0.639. The summed E-state index contributed by atoms with van der Waals surface area (Å²) in [5.41, 5.74) is 8.20. The van der Waals surface area contributed by atoms with Crippen LogP contribution in [-0.4, -0.2) is 25.8 Å². The van der Waals surface area contributed by atoms with Gasteiger partial charge in [-0.3, -0.25) is 25.8 Å². The molecule has 10 nitrogen and oxygen atoms in total. The van der Waals surface area contributed by atoms with E-state index in [1.54, 1.807) is 0 Å². The number of aryl methyl sites for hydroxylation is 1. The van der Waals surface area contributed by atoms with Crippen molar-refractivity contribution in [2.24, 2.45) is 0 Å². The third kappa shape index (κ3) is 5.21. The van der Waals surface area contributed by atoms with Crippen LogP contribution in [0.4, 0.5) is 22.5 Å². The summed E-state index contributed by atoms with van der Waals surface area (Å²) in [5.74, 6) is -1.25. The summed E-state index contributed by atoms with van der Waals surface area (Å²) in [6.07, 6.45) is 1.17. The van der Waals surface area contributed by atoms with Crippen LogP contribution in [0.1, 0.15) is 22.6 Å². The van der Waals surface area contributed by atoms with Gasteiger partial charge < -0.3 is 5.32 Å². The Balaban J connectivity index is 1.40. The molecular formula is C26H21N7O3S. The van der Waals surface area contributed by atoms with E-state index < -0.39 is 22.4 Å². The average Bonchev–Trinajstić information content (AvgIpc) is 3.30. The number of nitrogens with one attached hydrogen (secondary N) is 3. The molecule has 3 aromatic carbocycles. The number of hydrogen-bond donors (Lipinski definition) is 3. The summed E-state index contributed by atoms with van der Waals surface area (Å²) in [4.78, 5) is 37.2. The van der Waals surface area contributed by atoms with Crippen molar-refractivity contribution in [2.75, 3.05) is 10.7 Å². The zero-order valence-electron chi connectivity index (χ0n) is 19.6. The van der Waals surface area contributed by atoms with Gasteiger partial charge in [-0.25, -0.2) is 15.0 Å². The summed E-state index contributed by atoms with van der Waals surface area (Å²) in [6.45, 7) is 1.98. The molecule has 3 N–H and O–H groups in total. The van der Waals surface area contributed by atoms with Crippen LogP contribution in [0.25, 0.3) is 10.2 Å². The first-order valence-corrected chi connectivity index (χ1v) is 12.1. The minimum absolute atomic E-state index is 0.0461. The molecule has 0 saturated carbocycles. The number of hydrazine groups is 1. The maximum absolute atomic E-state index is 13.3. The van der Waals surface area contributed by atoms with Crippen molar-refractivity contribution in [1.29, 1.82) is 0 Å². The smallest absolute Gasteiger partial charge is 0.310 e. The molecule has 0 fully saturated rings.